The summed E-state index contributed by atoms with van der Waals surface area (Å²) in [5, 5.41) is 0. The first-order valence-corrected chi connectivity index (χ1v) is 7.76. The number of nitrogens with one attached hydrogen (secondary N) is 1. The average molecular weight is 298 g/mol. The van der Waals surface area contributed by atoms with E-state index in [1.807, 2.05) is 25.1 Å². The summed E-state index contributed by atoms with van der Waals surface area (Å²) in [6.07, 6.45) is 1.76. The van der Waals surface area contributed by atoms with E-state index in [4.69, 9.17) is 5.84 Å². The molecule has 1 unspecified atom stereocenters. The fourth-order valence-corrected chi connectivity index (χ4v) is 3.41. The van der Waals surface area contributed by atoms with Crippen molar-refractivity contribution in [1.82, 2.24) is 9.55 Å². The highest BCUT2D eigenvalue weighted by Crippen LogP contribution is 2.42. The maximum Gasteiger partial charge on any atom is 0.259 e. The van der Waals surface area contributed by atoms with E-state index in [1.165, 1.54) is 5.56 Å². The van der Waals surface area contributed by atoms with Gasteiger partial charge < -0.3 is 0 Å². The van der Waals surface area contributed by atoms with E-state index in [9.17, 15) is 4.79 Å². The second-order valence-electron chi connectivity index (χ2n) is 6.10. The molecule has 0 saturated heterocycles. The Morgan fingerprint density at radius 2 is 2.09 bits per heavy atom. The Bertz CT molecular complexity index is 781. The van der Waals surface area contributed by atoms with Gasteiger partial charge in [0.2, 0.25) is 5.95 Å². The molecule has 0 spiro atoms. The lowest BCUT2D eigenvalue weighted by molar-refractivity contribution is 0.435. The van der Waals surface area contributed by atoms with Crippen LogP contribution in [0.25, 0.3) is 11.3 Å². The van der Waals surface area contributed by atoms with Gasteiger partial charge in [0.25, 0.3) is 5.56 Å². The maximum absolute atomic E-state index is 13.0. The maximum atomic E-state index is 13.0. The summed E-state index contributed by atoms with van der Waals surface area (Å²) in [5.41, 5.74) is 6.25. The Kier molecular flexibility index (Phi) is 3.53. The lowest BCUT2D eigenvalue weighted by atomic mass is 9.69. The molecule has 0 amide bonds. The molecule has 0 fully saturated rings. The molecule has 1 aromatic carbocycles. The number of nitrogens with two attached hydrogens (primary N) is 1. The summed E-state index contributed by atoms with van der Waals surface area (Å²) >= 11 is 0. The number of nitrogens with zero attached hydrogens (tertiary/aromatic N) is 2. The van der Waals surface area contributed by atoms with Crippen LogP contribution in [0, 0.1) is 0 Å². The normalized spacial score (nSPS) is 19.5. The number of hydrogen-bond donors (Lipinski definition) is 2. The molecular formula is C17H22N4O. The van der Waals surface area contributed by atoms with Crippen LogP contribution in [-0.4, -0.2) is 9.55 Å². The summed E-state index contributed by atoms with van der Waals surface area (Å²) in [7, 11) is 0. The van der Waals surface area contributed by atoms with E-state index >= 15 is 0 Å². The van der Waals surface area contributed by atoms with Crippen LogP contribution in [0.1, 0.15) is 38.3 Å². The van der Waals surface area contributed by atoms with Gasteiger partial charge in [0, 0.05) is 17.5 Å². The van der Waals surface area contributed by atoms with Crippen LogP contribution in [0.2, 0.25) is 0 Å². The molecule has 1 aliphatic carbocycles. The fraction of sp³-hybridized carbons (Fsp3) is 0.412. The standard InChI is InChI=1S/C17H22N4O/c1-4-17(3)10-11-8-6-7-9-12(11)14-13(17)15(22)21(5-2)16(19-14)20-18/h6-9H,4-5,10,18H2,1-3H3,(H,19,20). The van der Waals surface area contributed by atoms with E-state index in [0.29, 0.717) is 12.5 Å². The Labute approximate surface area is 130 Å². The predicted octanol–water partition coefficient (Wildman–Crippen LogP) is 2.44. The Morgan fingerprint density at radius 1 is 1.36 bits per heavy atom. The summed E-state index contributed by atoms with van der Waals surface area (Å²) < 4.78 is 1.61. The van der Waals surface area contributed by atoms with Gasteiger partial charge in [-0.25, -0.2) is 10.8 Å². The highest BCUT2D eigenvalue weighted by molar-refractivity contribution is 5.72. The minimum atomic E-state index is -0.197. The van der Waals surface area contributed by atoms with Gasteiger partial charge in [-0.15, -0.1) is 0 Å². The van der Waals surface area contributed by atoms with Crippen LogP contribution in [0.3, 0.4) is 0 Å². The molecule has 1 aliphatic rings. The molecule has 0 radical (unpaired) electrons. The van der Waals surface area contributed by atoms with Gasteiger partial charge in [0.1, 0.15) is 0 Å². The summed E-state index contributed by atoms with van der Waals surface area (Å²) in [6, 6.07) is 8.18. The first-order chi connectivity index (χ1) is 10.6. The third-order valence-corrected chi connectivity index (χ3v) is 4.85. The topological polar surface area (TPSA) is 72.9 Å². The number of nitrogen functional groups attached to an aromatic ring is 1. The minimum Gasteiger partial charge on any atom is -0.294 e. The first kappa shape index (κ1) is 14.8. The van der Waals surface area contributed by atoms with E-state index in [2.05, 4.69) is 30.3 Å². The zero-order valence-electron chi connectivity index (χ0n) is 13.3. The molecule has 5 nitrogen and oxygen atoms in total. The first-order valence-electron chi connectivity index (χ1n) is 7.76. The van der Waals surface area contributed by atoms with Crippen molar-refractivity contribution in [1.29, 1.82) is 0 Å². The number of anilines is 1. The quantitative estimate of drug-likeness (QED) is 0.674. The molecule has 0 aliphatic heterocycles. The van der Waals surface area contributed by atoms with Crippen LogP contribution < -0.4 is 16.8 Å². The highest BCUT2D eigenvalue weighted by atomic mass is 16.1. The number of hydrogen-bond acceptors (Lipinski definition) is 4. The van der Waals surface area contributed by atoms with E-state index < -0.39 is 0 Å². The van der Waals surface area contributed by atoms with Crippen molar-refractivity contribution < 1.29 is 0 Å². The lowest BCUT2D eigenvalue weighted by Crippen LogP contribution is -2.40. The van der Waals surface area contributed by atoms with Crippen molar-refractivity contribution in [3.63, 3.8) is 0 Å². The number of benzene rings is 1. The van der Waals surface area contributed by atoms with Crippen LogP contribution >= 0.6 is 0 Å². The molecule has 1 atom stereocenters. The van der Waals surface area contributed by atoms with Crippen molar-refractivity contribution in [3.8, 4) is 11.3 Å². The predicted molar refractivity (Wildman–Crippen MR) is 88.8 cm³/mol. The molecule has 0 saturated carbocycles. The Balaban J connectivity index is 2.42. The third-order valence-electron chi connectivity index (χ3n) is 4.85. The number of hydrazine groups is 1. The molecular weight excluding hydrogens is 276 g/mol. The van der Waals surface area contributed by atoms with Gasteiger partial charge in [-0.2, -0.15) is 0 Å². The number of fused-ring (bicyclic) bond motifs is 3. The third kappa shape index (κ3) is 1.96. The SMILES string of the molecule is CCn1c(NN)nc2c(c1=O)C(C)(CC)Cc1ccccc1-2. The smallest absolute Gasteiger partial charge is 0.259 e. The molecule has 2 aromatic rings. The van der Waals surface area contributed by atoms with Crippen LogP contribution in [0.15, 0.2) is 29.1 Å². The van der Waals surface area contributed by atoms with Gasteiger partial charge in [0.05, 0.1) is 11.3 Å². The molecule has 0 bridgehead atoms. The molecule has 3 rings (SSSR count). The Morgan fingerprint density at radius 3 is 2.73 bits per heavy atom. The van der Waals surface area contributed by atoms with Crippen LogP contribution in [-0.2, 0) is 18.4 Å². The molecule has 5 heteroatoms. The summed E-state index contributed by atoms with van der Waals surface area (Å²) in [4.78, 5) is 17.7. The monoisotopic (exact) mass is 298 g/mol. The second kappa shape index (κ2) is 5.25. The molecule has 116 valence electrons. The largest absolute Gasteiger partial charge is 0.294 e. The van der Waals surface area contributed by atoms with E-state index in [-0.39, 0.29) is 11.0 Å². The van der Waals surface area contributed by atoms with E-state index in [0.717, 1.165) is 29.7 Å². The van der Waals surface area contributed by atoms with Gasteiger partial charge in [-0.3, -0.25) is 14.8 Å². The number of aromatic nitrogens is 2. The number of rotatable bonds is 3. The van der Waals surface area contributed by atoms with Gasteiger partial charge in [-0.1, -0.05) is 38.1 Å². The Hall–Kier alpha value is -2.14. The minimum absolute atomic E-state index is 0.0132. The lowest BCUT2D eigenvalue weighted by Gasteiger charge is -2.35. The summed E-state index contributed by atoms with van der Waals surface area (Å²) in [5.74, 6) is 5.99. The van der Waals surface area contributed by atoms with Crippen molar-refractivity contribution in [3.05, 3.63) is 45.7 Å². The van der Waals surface area contributed by atoms with Crippen molar-refractivity contribution in [2.24, 2.45) is 5.84 Å². The summed E-state index contributed by atoms with van der Waals surface area (Å²) in [6.45, 7) is 6.75. The van der Waals surface area contributed by atoms with E-state index in [1.54, 1.807) is 4.57 Å². The fourth-order valence-electron chi connectivity index (χ4n) is 3.41. The second-order valence-corrected chi connectivity index (χ2v) is 6.10. The van der Waals surface area contributed by atoms with Gasteiger partial charge in [0.15, 0.2) is 0 Å². The zero-order valence-corrected chi connectivity index (χ0v) is 13.3. The molecule has 1 aromatic heterocycles. The average Bonchev–Trinajstić information content (AvgIpc) is 2.54. The van der Waals surface area contributed by atoms with Crippen molar-refractivity contribution in [2.45, 2.75) is 45.6 Å². The molecule has 3 N–H and O–H groups in total. The van der Waals surface area contributed by atoms with Gasteiger partial charge in [-0.05, 0) is 25.3 Å². The van der Waals surface area contributed by atoms with Crippen LogP contribution in [0.5, 0.6) is 0 Å². The van der Waals surface area contributed by atoms with Crippen molar-refractivity contribution in [2.75, 3.05) is 5.43 Å². The van der Waals surface area contributed by atoms with Crippen LogP contribution in [0.4, 0.5) is 5.95 Å². The zero-order chi connectivity index (χ0) is 15.9. The molecule has 1 heterocycles. The van der Waals surface area contributed by atoms with Crippen molar-refractivity contribution >= 4 is 5.95 Å². The highest BCUT2D eigenvalue weighted by Gasteiger charge is 2.37. The van der Waals surface area contributed by atoms with Gasteiger partial charge >= 0.3 is 0 Å². The molecule has 22 heavy (non-hydrogen) atoms.